The summed E-state index contributed by atoms with van der Waals surface area (Å²) in [7, 11) is -2.89. The van der Waals surface area contributed by atoms with Gasteiger partial charge in [-0.2, -0.15) is 0 Å². The molecule has 0 spiro atoms. The number of benzene rings is 1. The fourth-order valence-electron chi connectivity index (χ4n) is 3.03. The maximum atomic E-state index is 11.3. The number of fused-ring (bicyclic) bond motifs is 1. The first kappa shape index (κ1) is 17.3. The Bertz CT molecular complexity index is 814. The molecular formula is C17H24N4O2S. The number of piperazine rings is 1. The first-order chi connectivity index (χ1) is 11.4. The van der Waals surface area contributed by atoms with Crippen LogP contribution in [0.2, 0.25) is 0 Å². The molecule has 1 aliphatic rings. The molecule has 2 aromatic rings. The second kappa shape index (κ2) is 7.13. The highest BCUT2D eigenvalue weighted by Gasteiger charge is 2.19. The van der Waals surface area contributed by atoms with E-state index in [-0.39, 0.29) is 5.75 Å². The number of rotatable bonds is 5. The Labute approximate surface area is 143 Å². The van der Waals surface area contributed by atoms with Gasteiger partial charge in [0.15, 0.2) is 0 Å². The summed E-state index contributed by atoms with van der Waals surface area (Å²) < 4.78 is 22.5. The van der Waals surface area contributed by atoms with Gasteiger partial charge in [-0.15, -0.1) is 0 Å². The normalized spacial score (nSPS) is 17.4. The first-order valence-corrected chi connectivity index (χ1v) is 10.3. The number of aromatic nitrogens is 2. The van der Waals surface area contributed by atoms with Crippen molar-refractivity contribution in [3.8, 4) is 0 Å². The van der Waals surface area contributed by atoms with Crippen molar-refractivity contribution >= 4 is 20.7 Å². The van der Waals surface area contributed by atoms with Crippen LogP contribution in [-0.4, -0.2) is 72.9 Å². The minimum Gasteiger partial charge on any atom is -0.300 e. The number of para-hydroxylation sites is 1. The summed E-state index contributed by atoms with van der Waals surface area (Å²) in [5.74, 6) is 1.09. The summed E-state index contributed by atoms with van der Waals surface area (Å²) in [6, 6.07) is 8.08. The summed E-state index contributed by atoms with van der Waals surface area (Å²) in [6.45, 7) is 7.00. The second-order valence-corrected chi connectivity index (χ2v) is 8.75. The highest BCUT2D eigenvalue weighted by molar-refractivity contribution is 7.90. The summed E-state index contributed by atoms with van der Waals surface area (Å²) in [4.78, 5) is 13.9. The van der Waals surface area contributed by atoms with Gasteiger partial charge in [0.05, 0.1) is 17.8 Å². The predicted molar refractivity (Wildman–Crippen MR) is 95.7 cm³/mol. The number of hydrogen-bond donors (Lipinski definition) is 0. The molecule has 1 aromatic heterocycles. The fraction of sp³-hybridized carbons (Fsp3) is 0.529. The van der Waals surface area contributed by atoms with Gasteiger partial charge in [-0.05, 0) is 13.0 Å². The number of aryl methyl sites for hydroxylation is 1. The van der Waals surface area contributed by atoms with Crippen LogP contribution in [0.15, 0.2) is 24.3 Å². The predicted octanol–water partition coefficient (Wildman–Crippen LogP) is 1.10. The van der Waals surface area contributed by atoms with Crippen LogP contribution in [0.1, 0.15) is 11.5 Å². The molecule has 1 aromatic carbocycles. The number of nitrogens with zero attached hydrogens (tertiary/aromatic N) is 4. The van der Waals surface area contributed by atoms with Crippen LogP contribution in [0.3, 0.4) is 0 Å². The molecule has 7 heteroatoms. The van der Waals surface area contributed by atoms with E-state index in [2.05, 4.69) is 25.8 Å². The summed E-state index contributed by atoms with van der Waals surface area (Å²) in [6.07, 6.45) is 1.29. The fourth-order valence-corrected chi connectivity index (χ4v) is 3.62. The van der Waals surface area contributed by atoms with Crippen molar-refractivity contribution in [1.29, 1.82) is 0 Å². The van der Waals surface area contributed by atoms with Gasteiger partial charge >= 0.3 is 0 Å². The van der Waals surface area contributed by atoms with Crippen molar-refractivity contribution in [3.63, 3.8) is 0 Å². The average molecular weight is 348 g/mol. The van der Waals surface area contributed by atoms with Gasteiger partial charge < -0.3 is 0 Å². The molecule has 3 rings (SSSR count). The van der Waals surface area contributed by atoms with Gasteiger partial charge in [0.1, 0.15) is 15.7 Å². The molecule has 0 unspecified atom stereocenters. The Morgan fingerprint density at radius 2 is 1.71 bits per heavy atom. The van der Waals surface area contributed by atoms with Crippen LogP contribution in [0.4, 0.5) is 0 Å². The zero-order valence-electron chi connectivity index (χ0n) is 14.3. The quantitative estimate of drug-likeness (QED) is 0.806. The Balaban J connectivity index is 1.58. The van der Waals surface area contributed by atoms with Crippen LogP contribution in [0.25, 0.3) is 10.9 Å². The van der Waals surface area contributed by atoms with E-state index in [1.807, 2.05) is 25.1 Å². The van der Waals surface area contributed by atoms with E-state index >= 15 is 0 Å². The van der Waals surface area contributed by atoms with Crippen molar-refractivity contribution in [2.45, 2.75) is 13.5 Å². The van der Waals surface area contributed by atoms with Gasteiger partial charge in [0, 0.05) is 50.1 Å². The van der Waals surface area contributed by atoms with Crippen LogP contribution >= 0.6 is 0 Å². The molecule has 0 amide bonds. The third-order valence-electron chi connectivity index (χ3n) is 4.45. The third-order valence-corrected chi connectivity index (χ3v) is 5.37. The molecular weight excluding hydrogens is 324 g/mol. The summed E-state index contributed by atoms with van der Waals surface area (Å²) in [5.41, 5.74) is 2.01. The lowest BCUT2D eigenvalue weighted by Crippen LogP contribution is -2.47. The smallest absolute Gasteiger partial charge is 0.148 e. The molecule has 0 aliphatic carbocycles. The second-order valence-electron chi connectivity index (χ2n) is 6.49. The van der Waals surface area contributed by atoms with Gasteiger partial charge in [-0.25, -0.2) is 18.4 Å². The van der Waals surface area contributed by atoms with Crippen molar-refractivity contribution in [1.82, 2.24) is 19.8 Å². The minimum atomic E-state index is -2.89. The highest BCUT2D eigenvalue weighted by atomic mass is 32.2. The van der Waals surface area contributed by atoms with E-state index in [1.165, 1.54) is 6.26 Å². The largest absolute Gasteiger partial charge is 0.300 e. The monoisotopic (exact) mass is 348 g/mol. The van der Waals surface area contributed by atoms with Crippen LogP contribution < -0.4 is 0 Å². The molecule has 0 bridgehead atoms. The molecule has 24 heavy (non-hydrogen) atoms. The first-order valence-electron chi connectivity index (χ1n) is 8.25. The standard InChI is InChI=1S/C17H24N4O2S/c1-14-15-5-3-4-6-16(15)19-17(18-14)13-21-9-7-20(8-10-21)11-12-24(2,22)23/h3-6H,7-13H2,1-2H3. The zero-order chi connectivity index (χ0) is 17.2. The van der Waals surface area contributed by atoms with E-state index in [0.717, 1.165) is 55.1 Å². The Hall–Kier alpha value is -1.57. The Morgan fingerprint density at radius 1 is 1.04 bits per heavy atom. The summed E-state index contributed by atoms with van der Waals surface area (Å²) in [5, 5.41) is 1.10. The minimum absolute atomic E-state index is 0.236. The van der Waals surface area contributed by atoms with Crippen molar-refractivity contribution in [2.24, 2.45) is 0 Å². The Kier molecular flexibility index (Phi) is 5.12. The lowest BCUT2D eigenvalue weighted by molar-refractivity contribution is 0.130. The molecule has 1 fully saturated rings. The molecule has 2 heterocycles. The molecule has 130 valence electrons. The lowest BCUT2D eigenvalue weighted by atomic mass is 10.2. The number of hydrogen-bond acceptors (Lipinski definition) is 6. The molecule has 0 saturated carbocycles. The van der Waals surface area contributed by atoms with Crippen LogP contribution in [0.5, 0.6) is 0 Å². The van der Waals surface area contributed by atoms with E-state index < -0.39 is 9.84 Å². The lowest BCUT2D eigenvalue weighted by Gasteiger charge is -2.34. The molecule has 0 atom stereocenters. The molecule has 1 saturated heterocycles. The Morgan fingerprint density at radius 3 is 2.42 bits per heavy atom. The maximum Gasteiger partial charge on any atom is 0.148 e. The molecule has 0 N–H and O–H groups in total. The van der Waals surface area contributed by atoms with Crippen molar-refractivity contribution in [2.75, 3.05) is 44.7 Å². The topological polar surface area (TPSA) is 66.4 Å². The van der Waals surface area contributed by atoms with E-state index in [1.54, 1.807) is 0 Å². The maximum absolute atomic E-state index is 11.3. The van der Waals surface area contributed by atoms with E-state index in [0.29, 0.717) is 6.54 Å². The van der Waals surface area contributed by atoms with Crippen molar-refractivity contribution < 1.29 is 8.42 Å². The van der Waals surface area contributed by atoms with E-state index in [9.17, 15) is 8.42 Å². The van der Waals surface area contributed by atoms with Crippen molar-refractivity contribution in [3.05, 3.63) is 35.8 Å². The van der Waals surface area contributed by atoms with Gasteiger partial charge in [0.25, 0.3) is 0 Å². The molecule has 6 nitrogen and oxygen atoms in total. The van der Waals surface area contributed by atoms with E-state index in [4.69, 9.17) is 0 Å². The van der Waals surface area contributed by atoms with Gasteiger partial charge in [-0.3, -0.25) is 9.80 Å². The van der Waals surface area contributed by atoms with Gasteiger partial charge in [-0.1, -0.05) is 18.2 Å². The molecule has 0 radical (unpaired) electrons. The SMILES string of the molecule is Cc1nc(CN2CCN(CCS(C)(=O)=O)CC2)nc2ccccc12. The van der Waals surface area contributed by atoms with Gasteiger partial charge in [0.2, 0.25) is 0 Å². The number of sulfone groups is 1. The highest BCUT2D eigenvalue weighted by Crippen LogP contribution is 2.15. The third kappa shape index (κ3) is 4.49. The zero-order valence-corrected chi connectivity index (χ0v) is 15.1. The van der Waals surface area contributed by atoms with Crippen LogP contribution in [-0.2, 0) is 16.4 Å². The molecule has 1 aliphatic heterocycles. The average Bonchev–Trinajstić information content (AvgIpc) is 2.54. The summed E-state index contributed by atoms with van der Waals surface area (Å²) >= 11 is 0. The van der Waals surface area contributed by atoms with Crippen LogP contribution in [0, 0.1) is 6.92 Å².